The summed E-state index contributed by atoms with van der Waals surface area (Å²) < 4.78 is 0. The van der Waals surface area contributed by atoms with Crippen LogP contribution in [0.5, 0.6) is 0 Å². The van der Waals surface area contributed by atoms with Crippen LogP contribution in [0.2, 0.25) is 0 Å². The molecule has 0 bridgehead atoms. The van der Waals surface area contributed by atoms with Gasteiger partial charge in [0.25, 0.3) is 0 Å². The molecule has 0 radical (unpaired) electrons. The van der Waals surface area contributed by atoms with Gasteiger partial charge in [-0.25, -0.2) is 0 Å². The third-order valence-corrected chi connectivity index (χ3v) is 2.63. The van der Waals surface area contributed by atoms with Crippen molar-refractivity contribution in [3.05, 3.63) is 60.2 Å². The van der Waals surface area contributed by atoms with Crippen molar-refractivity contribution in [2.75, 3.05) is 0 Å². The lowest BCUT2D eigenvalue weighted by molar-refractivity contribution is 0.823. The summed E-state index contributed by atoms with van der Waals surface area (Å²) in [6, 6.07) is 10.1. The average Bonchev–Trinajstić information content (AvgIpc) is 2.51. The molecule has 0 saturated heterocycles. The third kappa shape index (κ3) is 7.67. The number of hydrogen-bond acceptors (Lipinski definition) is 2. The Kier molecular flexibility index (Phi) is 10.2. The van der Waals surface area contributed by atoms with Gasteiger partial charge >= 0.3 is 0 Å². The van der Waals surface area contributed by atoms with Crippen LogP contribution in [-0.4, -0.2) is 9.97 Å². The largest absolute Gasteiger partial charge is 0.264 e. The van der Waals surface area contributed by atoms with Gasteiger partial charge in [0.2, 0.25) is 0 Å². The second-order valence-electron chi connectivity index (χ2n) is 4.85. The average molecular weight is 272 g/mol. The lowest BCUT2D eigenvalue weighted by atomic mass is 10.1. The first-order valence-corrected chi connectivity index (χ1v) is 7.42. The first-order chi connectivity index (χ1) is 9.61. The fourth-order valence-corrected chi connectivity index (χ4v) is 1.43. The third-order valence-electron chi connectivity index (χ3n) is 2.63. The molecular formula is C18H28N2. The zero-order valence-corrected chi connectivity index (χ0v) is 13.7. The summed E-state index contributed by atoms with van der Waals surface area (Å²) in [4.78, 5) is 8.18. The maximum absolute atomic E-state index is 4.18. The maximum Gasteiger partial charge on any atom is 0.0428 e. The minimum absolute atomic E-state index is 0.547. The van der Waals surface area contributed by atoms with E-state index in [1.54, 1.807) is 6.20 Å². The van der Waals surface area contributed by atoms with Gasteiger partial charge < -0.3 is 0 Å². The first kappa shape index (κ1) is 18.3. The standard InChI is InChI=1S/2C8H11N.C2H6/c1-7(2)8-4-3-5-9-6-8;1-7(2)8-5-3-4-6-9-8;1-2/h2*3-7H,1-2H3;1-2H3. The minimum Gasteiger partial charge on any atom is -0.264 e. The van der Waals surface area contributed by atoms with Crippen LogP contribution in [0, 0.1) is 0 Å². The van der Waals surface area contributed by atoms with Gasteiger partial charge in [-0.1, -0.05) is 53.7 Å². The van der Waals surface area contributed by atoms with Gasteiger partial charge in [0, 0.05) is 24.3 Å². The van der Waals surface area contributed by atoms with Crippen LogP contribution in [0.3, 0.4) is 0 Å². The molecule has 2 aromatic heterocycles. The highest BCUT2D eigenvalue weighted by Gasteiger charge is 1.95. The molecule has 0 spiro atoms. The van der Waals surface area contributed by atoms with Gasteiger partial charge in [-0.3, -0.25) is 9.97 Å². The summed E-state index contributed by atoms with van der Waals surface area (Å²) in [5, 5.41) is 0. The topological polar surface area (TPSA) is 25.8 Å². The van der Waals surface area contributed by atoms with Gasteiger partial charge in [0.15, 0.2) is 0 Å². The van der Waals surface area contributed by atoms with Crippen LogP contribution in [-0.2, 0) is 0 Å². The highest BCUT2D eigenvalue weighted by Crippen LogP contribution is 2.10. The Bertz CT molecular complexity index is 378. The smallest absolute Gasteiger partial charge is 0.0428 e. The van der Waals surface area contributed by atoms with Crippen molar-refractivity contribution in [1.82, 2.24) is 9.97 Å². The van der Waals surface area contributed by atoms with Gasteiger partial charge in [-0.05, 0) is 35.6 Å². The molecule has 2 aromatic rings. The quantitative estimate of drug-likeness (QED) is 0.728. The second kappa shape index (κ2) is 11.2. The molecule has 0 aliphatic rings. The Labute approximate surface area is 124 Å². The van der Waals surface area contributed by atoms with Crippen molar-refractivity contribution < 1.29 is 0 Å². The van der Waals surface area contributed by atoms with E-state index in [-0.39, 0.29) is 0 Å². The van der Waals surface area contributed by atoms with Gasteiger partial charge in [-0.2, -0.15) is 0 Å². The molecule has 110 valence electrons. The van der Waals surface area contributed by atoms with E-state index in [1.807, 2.05) is 50.5 Å². The fraction of sp³-hybridized carbons (Fsp3) is 0.444. The zero-order valence-electron chi connectivity index (χ0n) is 13.7. The summed E-state index contributed by atoms with van der Waals surface area (Å²) in [6.45, 7) is 12.6. The van der Waals surface area contributed by atoms with Gasteiger partial charge in [0.1, 0.15) is 0 Å². The van der Waals surface area contributed by atoms with E-state index in [9.17, 15) is 0 Å². The predicted octanol–water partition coefficient (Wildman–Crippen LogP) is 5.44. The van der Waals surface area contributed by atoms with Crippen molar-refractivity contribution in [2.24, 2.45) is 0 Å². The SMILES string of the molecule is CC.CC(C)c1ccccn1.CC(C)c1cccnc1. The van der Waals surface area contributed by atoms with E-state index in [0.29, 0.717) is 11.8 Å². The van der Waals surface area contributed by atoms with E-state index in [4.69, 9.17) is 0 Å². The van der Waals surface area contributed by atoms with E-state index in [2.05, 4.69) is 43.7 Å². The van der Waals surface area contributed by atoms with Crippen LogP contribution in [0.1, 0.15) is 64.6 Å². The lowest BCUT2D eigenvalue weighted by Gasteiger charge is -2.00. The summed E-state index contributed by atoms with van der Waals surface area (Å²) >= 11 is 0. The fourth-order valence-electron chi connectivity index (χ4n) is 1.43. The molecule has 0 aliphatic heterocycles. The van der Waals surface area contributed by atoms with Crippen LogP contribution >= 0.6 is 0 Å². The Morgan fingerprint density at radius 3 is 1.80 bits per heavy atom. The Hall–Kier alpha value is -1.70. The summed E-state index contributed by atoms with van der Waals surface area (Å²) in [5.41, 5.74) is 2.47. The lowest BCUT2D eigenvalue weighted by Crippen LogP contribution is -1.88. The van der Waals surface area contributed by atoms with Crippen molar-refractivity contribution >= 4 is 0 Å². The minimum atomic E-state index is 0.547. The molecule has 0 atom stereocenters. The number of aromatic nitrogens is 2. The maximum atomic E-state index is 4.18. The van der Waals surface area contributed by atoms with Gasteiger partial charge in [0.05, 0.1) is 0 Å². The summed E-state index contributed by atoms with van der Waals surface area (Å²) in [5.74, 6) is 1.14. The molecule has 20 heavy (non-hydrogen) atoms. The molecule has 0 unspecified atom stereocenters. The highest BCUT2D eigenvalue weighted by atomic mass is 14.7. The van der Waals surface area contributed by atoms with Crippen LogP contribution in [0.4, 0.5) is 0 Å². The van der Waals surface area contributed by atoms with Crippen LogP contribution < -0.4 is 0 Å². The molecule has 0 N–H and O–H groups in total. The Morgan fingerprint density at radius 2 is 1.50 bits per heavy atom. The predicted molar refractivity (Wildman–Crippen MR) is 88.0 cm³/mol. The summed E-state index contributed by atoms with van der Waals surface area (Å²) in [7, 11) is 0. The van der Waals surface area contributed by atoms with Crippen molar-refractivity contribution in [3.8, 4) is 0 Å². The van der Waals surface area contributed by atoms with Crippen molar-refractivity contribution in [3.63, 3.8) is 0 Å². The van der Waals surface area contributed by atoms with E-state index >= 15 is 0 Å². The molecule has 0 saturated carbocycles. The number of rotatable bonds is 2. The molecule has 2 rings (SSSR count). The number of nitrogens with zero attached hydrogens (tertiary/aromatic N) is 2. The molecule has 0 aliphatic carbocycles. The first-order valence-electron chi connectivity index (χ1n) is 7.42. The molecule has 2 heterocycles. The monoisotopic (exact) mass is 272 g/mol. The Balaban J connectivity index is 0.000000321. The normalized spacial score (nSPS) is 9.40. The van der Waals surface area contributed by atoms with Crippen LogP contribution in [0.15, 0.2) is 48.9 Å². The van der Waals surface area contributed by atoms with E-state index in [0.717, 1.165) is 5.69 Å². The zero-order chi connectivity index (χ0) is 15.4. The molecular weight excluding hydrogens is 244 g/mol. The molecule has 2 heteroatoms. The van der Waals surface area contributed by atoms with Crippen molar-refractivity contribution in [1.29, 1.82) is 0 Å². The van der Waals surface area contributed by atoms with Crippen LogP contribution in [0.25, 0.3) is 0 Å². The summed E-state index contributed by atoms with van der Waals surface area (Å²) in [6.07, 6.45) is 5.53. The number of pyridine rings is 2. The number of hydrogen-bond donors (Lipinski definition) is 0. The molecule has 0 amide bonds. The molecule has 0 aromatic carbocycles. The van der Waals surface area contributed by atoms with Gasteiger partial charge in [-0.15, -0.1) is 0 Å². The second-order valence-corrected chi connectivity index (χ2v) is 4.85. The van der Waals surface area contributed by atoms with E-state index in [1.165, 1.54) is 5.56 Å². The van der Waals surface area contributed by atoms with E-state index < -0.39 is 0 Å². The van der Waals surface area contributed by atoms with Crippen molar-refractivity contribution in [2.45, 2.75) is 53.4 Å². The Morgan fingerprint density at radius 1 is 0.800 bits per heavy atom. The molecule has 0 fully saturated rings. The highest BCUT2D eigenvalue weighted by molar-refractivity contribution is 5.12. The molecule has 2 nitrogen and oxygen atoms in total.